The lowest BCUT2D eigenvalue weighted by Crippen LogP contribution is -2.32. The van der Waals surface area contributed by atoms with Crippen molar-refractivity contribution in [1.82, 2.24) is 0 Å². The third kappa shape index (κ3) is 3.61. The first-order valence-corrected chi connectivity index (χ1v) is 7.53. The van der Waals surface area contributed by atoms with Crippen LogP contribution in [-0.2, 0) is 21.1 Å². The van der Waals surface area contributed by atoms with Crippen molar-refractivity contribution in [3.63, 3.8) is 0 Å². The average Bonchev–Trinajstić information content (AvgIpc) is 2.36. The number of aliphatic carboxylic acids is 1. The fourth-order valence-corrected chi connectivity index (χ4v) is 2.61. The van der Waals surface area contributed by atoms with Crippen LogP contribution >= 0.6 is 0 Å². The second-order valence-electron chi connectivity index (χ2n) is 4.24. The van der Waals surface area contributed by atoms with Gasteiger partial charge in [0.15, 0.2) is 9.84 Å². The summed E-state index contributed by atoms with van der Waals surface area (Å²) in [6.07, 6.45) is 0.962. The molecule has 0 aliphatic heterocycles. The number of hydrogen-bond acceptors (Lipinski definition) is 6. The second kappa shape index (κ2) is 6.10. The monoisotopic (exact) mass is 303 g/mol. The van der Waals surface area contributed by atoms with Crippen molar-refractivity contribution in [2.24, 2.45) is 5.73 Å². The summed E-state index contributed by atoms with van der Waals surface area (Å²) in [5.41, 5.74) is 5.84. The van der Waals surface area contributed by atoms with Crippen molar-refractivity contribution in [2.75, 3.05) is 20.5 Å². The molecule has 0 aromatic heterocycles. The molecule has 1 rings (SSSR count). The molecule has 0 saturated heterocycles. The van der Waals surface area contributed by atoms with Gasteiger partial charge in [0.2, 0.25) is 0 Å². The van der Waals surface area contributed by atoms with Crippen LogP contribution in [0.25, 0.3) is 0 Å². The van der Waals surface area contributed by atoms with Crippen molar-refractivity contribution in [3.8, 4) is 11.5 Å². The first kappa shape index (κ1) is 16.3. The van der Waals surface area contributed by atoms with Gasteiger partial charge in [-0.15, -0.1) is 0 Å². The summed E-state index contributed by atoms with van der Waals surface area (Å²) in [7, 11) is -0.854. The number of carboxylic acid groups (broad SMARTS) is 1. The number of sulfone groups is 1. The summed E-state index contributed by atoms with van der Waals surface area (Å²) in [4.78, 5) is 10.8. The van der Waals surface area contributed by atoms with Crippen molar-refractivity contribution in [1.29, 1.82) is 0 Å². The molecule has 7 nitrogen and oxygen atoms in total. The van der Waals surface area contributed by atoms with E-state index in [1.807, 2.05) is 0 Å². The van der Waals surface area contributed by atoms with E-state index in [0.717, 1.165) is 6.26 Å². The Labute approximate surface area is 117 Å². The molecule has 0 amide bonds. The Morgan fingerprint density at radius 2 is 1.95 bits per heavy atom. The lowest BCUT2D eigenvalue weighted by molar-refractivity contribution is -0.138. The molecule has 112 valence electrons. The van der Waals surface area contributed by atoms with E-state index in [4.69, 9.17) is 20.3 Å². The Kier molecular flexibility index (Phi) is 4.96. The number of carboxylic acids is 1. The van der Waals surface area contributed by atoms with Gasteiger partial charge >= 0.3 is 5.97 Å². The fourth-order valence-electron chi connectivity index (χ4n) is 1.73. The molecule has 1 unspecified atom stereocenters. The Morgan fingerprint density at radius 3 is 2.35 bits per heavy atom. The molecular formula is C12H17NO6S. The van der Waals surface area contributed by atoms with Gasteiger partial charge < -0.3 is 20.3 Å². The maximum absolute atomic E-state index is 11.8. The van der Waals surface area contributed by atoms with Crippen LogP contribution < -0.4 is 15.2 Å². The highest BCUT2D eigenvalue weighted by Crippen LogP contribution is 2.33. The molecule has 0 spiro atoms. The van der Waals surface area contributed by atoms with E-state index in [0.29, 0.717) is 11.3 Å². The van der Waals surface area contributed by atoms with Crippen LogP contribution in [0.5, 0.6) is 11.5 Å². The number of methoxy groups -OCH3 is 2. The van der Waals surface area contributed by atoms with Crippen LogP contribution in [0, 0.1) is 0 Å². The highest BCUT2D eigenvalue weighted by atomic mass is 32.2. The number of benzene rings is 1. The van der Waals surface area contributed by atoms with Gasteiger partial charge in [-0.3, -0.25) is 4.79 Å². The molecule has 0 aliphatic carbocycles. The number of rotatable bonds is 6. The van der Waals surface area contributed by atoms with Crippen molar-refractivity contribution < 1.29 is 27.8 Å². The predicted molar refractivity (Wildman–Crippen MR) is 72.0 cm³/mol. The molecule has 0 fully saturated rings. The van der Waals surface area contributed by atoms with Gasteiger partial charge in [0, 0.05) is 24.3 Å². The van der Waals surface area contributed by atoms with Gasteiger partial charge in [0.05, 0.1) is 14.2 Å². The summed E-state index contributed by atoms with van der Waals surface area (Å²) in [6, 6.07) is 1.67. The minimum Gasteiger partial charge on any atom is -0.497 e. The van der Waals surface area contributed by atoms with Crippen LogP contribution in [0.3, 0.4) is 0 Å². The first-order valence-electron chi connectivity index (χ1n) is 5.64. The van der Waals surface area contributed by atoms with E-state index >= 15 is 0 Å². The highest BCUT2D eigenvalue weighted by molar-refractivity contribution is 7.90. The number of carbonyl (C=O) groups is 1. The number of ether oxygens (including phenoxy) is 2. The molecular weight excluding hydrogens is 286 g/mol. The van der Waals surface area contributed by atoms with Crippen molar-refractivity contribution in [2.45, 2.75) is 17.4 Å². The molecule has 0 radical (unpaired) electrons. The summed E-state index contributed by atoms with van der Waals surface area (Å²) in [5, 5.41) is 8.85. The van der Waals surface area contributed by atoms with Gasteiger partial charge in [-0.2, -0.15) is 0 Å². The van der Waals surface area contributed by atoms with Gasteiger partial charge in [0.1, 0.15) is 22.4 Å². The zero-order valence-electron chi connectivity index (χ0n) is 11.4. The zero-order chi connectivity index (χ0) is 15.5. The minimum atomic E-state index is -3.55. The van der Waals surface area contributed by atoms with Gasteiger partial charge in [-0.25, -0.2) is 8.42 Å². The molecule has 1 aromatic rings. The molecule has 3 N–H and O–H groups in total. The second-order valence-corrected chi connectivity index (χ2v) is 6.22. The molecule has 8 heteroatoms. The normalized spacial score (nSPS) is 12.8. The lowest BCUT2D eigenvalue weighted by atomic mass is 10.1. The Morgan fingerprint density at radius 1 is 1.35 bits per heavy atom. The van der Waals surface area contributed by atoms with Crippen LogP contribution in [0.2, 0.25) is 0 Å². The van der Waals surface area contributed by atoms with E-state index in [1.165, 1.54) is 26.4 Å². The molecule has 0 heterocycles. The zero-order valence-corrected chi connectivity index (χ0v) is 12.2. The van der Waals surface area contributed by atoms with Crippen LogP contribution in [0.1, 0.15) is 5.56 Å². The smallest absolute Gasteiger partial charge is 0.320 e. The summed E-state index contributed by atoms with van der Waals surface area (Å²) < 4.78 is 33.7. The van der Waals surface area contributed by atoms with Gasteiger partial charge in [0.25, 0.3) is 0 Å². The maximum atomic E-state index is 11.8. The Balaban J connectivity index is 3.45. The highest BCUT2D eigenvalue weighted by Gasteiger charge is 2.23. The predicted octanol–water partition coefficient (Wildman–Crippen LogP) is 0.0617. The fraction of sp³-hybridized carbons (Fsp3) is 0.417. The quantitative estimate of drug-likeness (QED) is 0.763. The largest absolute Gasteiger partial charge is 0.497 e. The van der Waals surface area contributed by atoms with Crippen LogP contribution in [0.15, 0.2) is 17.0 Å². The SMILES string of the molecule is COc1cc(CC(N)C(=O)O)c(OC)c(S(C)(=O)=O)c1. The van der Waals surface area contributed by atoms with E-state index in [1.54, 1.807) is 0 Å². The van der Waals surface area contributed by atoms with Crippen LogP contribution in [-0.4, -0.2) is 46.0 Å². The van der Waals surface area contributed by atoms with E-state index in [9.17, 15) is 13.2 Å². The lowest BCUT2D eigenvalue weighted by Gasteiger charge is -2.16. The third-order valence-corrected chi connectivity index (χ3v) is 3.80. The van der Waals surface area contributed by atoms with Gasteiger partial charge in [-0.05, 0) is 6.07 Å². The Hall–Kier alpha value is -1.80. The molecule has 1 atom stereocenters. The van der Waals surface area contributed by atoms with Crippen molar-refractivity contribution in [3.05, 3.63) is 17.7 Å². The van der Waals surface area contributed by atoms with E-state index in [-0.39, 0.29) is 17.1 Å². The van der Waals surface area contributed by atoms with E-state index < -0.39 is 21.8 Å². The summed E-state index contributed by atoms with van der Waals surface area (Å²) in [6.45, 7) is 0. The topological polar surface area (TPSA) is 116 Å². The molecule has 0 saturated carbocycles. The number of hydrogen-bond donors (Lipinski definition) is 2. The number of nitrogens with two attached hydrogens (primary N) is 1. The summed E-state index contributed by atoms with van der Waals surface area (Å²) >= 11 is 0. The van der Waals surface area contributed by atoms with Gasteiger partial charge in [-0.1, -0.05) is 0 Å². The minimum absolute atomic E-state index is 0.0630. The molecule has 0 aliphatic rings. The van der Waals surface area contributed by atoms with Crippen LogP contribution in [0.4, 0.5) is 0 Å². The average molecular weight is 303 g/mol. The third-order valence-electron chi connectivity index (χ3n) is 2.70. The molecule has 1 aromatic carbocycles. The Bertz CT molecular complexity index is 611. The first-order chi connectivity index (χ1) is 9.20. The standard InChI is InChI=1S/C12H17NO6S/c1-18-8-4-7(5-9(13)12(14)15)11(19-2)10(6-8)20(3,16)17/h4,6,9H,5,13H2,1-3H3,(H,14,15). The van der Waals surface area contributed by atoms with E-state index in [2.05, 4.69) is 0 Å². The summed E-state index contributed by atoms with van der Waals surface area (Å²) in [5.74, 6) is -0.806. The maximum Gasteiger partial charge on any atom is 0.320 e. The molecule has 0 bridgehead atoms. The van der Waals surface area contributed by atoms with Crippen molar-refractivity contribution >= 4 is 15.8 Å². The molecule has 20 heavy (non-hydrogen) atoms.